The predicted octanol–water partition coefficient (Wildman–Crippen LogP) is 4.49. The maximum Gasteiger partial charge on any atom is 2.00 e. The Kier molecular flexibility index (Phi) is 23.8. The minimum Gasteiger partial charge on any atom is -1.00 e. The normalized spacial score (nSPS) is 10.5. The van der Waals surface area contributed by atoms with Gasteiger partial charge in [0, 0.05) is 12.7 Å². The Morgan fingerprint density at radius 2 is 1.32 bits per heavy atom. The Hall–Kier alpha value is 0.626. The molecule has 0 saturated carbocycles. The van der Waals surface area contributed by atoms with Crippen LogP contribution in [0, 0.1) is 27.9 Å². The first-order chi connectivity index (χ1) is 15.0. The molecule has 1 atom stereocenters. The number of rotatable bonds is 7. The summed E-state index contributed by atoms with van der Waals surface area (Å²) in [7, 11) is 0. The summed E-state index contributed by atoms with van der Waals surface area (Å²) in [5.74, 6) is 1.67. The molecule has 0 aliphatic rings. The van der Waals surface area contributed by atoms with Gasteiger partial charge < -0.3 is 45.5 Å². The minimum absolute atomic E-state index is 0. The predicted molar refractivity (Wildman–Crippen MR) is 157 cm³/mol. The molecule has 0 aliphatic carbocycles. The molecule has 1 N–H and O–H groups in total. The summed E-state index contributed by atoms with van der Waals surface area (Å²) < 4.78 is 13.4. The minimum atomic E-state index is -0.401. The largest absolute Gasteiger partial charge is 2.00 e. The van der Waals surface area contributed by atoms with Gasteiger partial charge in [0.05, 0.1) is 18.3 Å². The number of aldehydes is 1. The number of hydrogen-bond donors (Lipinski definition) is 1. The third-order valence-corrected chi connectivity index (χ3v) is 6.05. The van der Waals surface area contributed by atoms with Crippen LogP contribution in [0.3, 0.4) is 0 Å². The Morgan fingerprint density at radius 3 is 1.71 bits per heavy atom. The molecule has 34 heavy (non-hydrogen) atoms. The quantitative estimate of drug-likeness (QED) is 0.194. The zero-order valence-electron chi connectivity index (χ0n) is 21.5. The van der Waals surface area contributed by atoms with Crippen LogP contribution in [-0.2, 0) is 0 Å². The molecule has 0 amide bonds. The molecule has 188 valence electrons. The van der Waals surface area contributed by atoms with Crippen LogP contribution in [0.25, 0.3) is 0 Å². The van der Waals surface area contributed by atoms with Gasteiger partial charge in [0.2, 0.25) is 0 Å². The third kappa shape index (κ3) is 13.8. The number of ether oxygens (including phenoxy) is 2. The third-order valence-electron chi connectivity index (χ3n) is 4.19. The smallest absolute Gasteiger partial charge is 1.00 e. The van der Waals surface area contributed by atoms with Crippen LogP contribution in [0.5, 0.6) is 11.5 Å². The van der Waals surface area contributed by atoms with Crippen molar-refractivity contribution in [1.82, 2.24) is 0 Å². The monoisotopic (exact) mass is 818 g/mol. The number of aliphatic hydroxyl groups is 1. The van der Waals surface area contributed by atoms with Crippen molar-refractivity contribution in [3.05, 3.63) is 60.6 Å². The molecular weight excluding hydrogens is 781 g/mol. The number of carbonyl (C=O) groups excluding carboxylic acids is 1. The van der Waals surface area contributed by atoms with E-state index in [1.807, 2.05) is 60.6 Å². The number of aliphatic hydroxyl groups excluding tert-OH is 1. The van der Waals surface area contributed by atoms with Crippen molar-refractivity contribution < 1.29 is 43.4 Å². The van der Waals surface area contributed by atoms with Gasteiger partial charge in [0.25, 0.3) is 0 Å². The molecule has 0 aromatic heterocycles. The summed E-state index contributed by atoms with van der Waals surface area (Å²) in [5, 5.41) is 9.90. The van der Waals surface area contributed by atoms with Gasteiger partial charge in [-0.25, -0.2) is 0 Å². The summed E-state index contributed by atoms with van der Waals surface area (Å²) >= 11 is 4.41. The van der Waals surface area contributed by atoms with Crippen molar-refractivity contribution in [2.24, 2.45) is 0 Å². The van der Waals surface area contributed by atoms with E-state index in [1.54, 1.807) is 13.0 Å². The zero-order valence-corrected chi connectivity index (χ0v) is 29.4. The Morgan fingerprint density at radius 1 is 0.912 bits per heavy atom. The van der Waals surface area contributed by atoms with Crippen LogP contribution in [0.15, 0.2) is 24.3 Å². The van der Waals surface area contributed by atoms with E-state index in [2.05, 4.69) is 58.2 Å². The Labute approximate surface area is 267 Å². The van der Waals surface area contributed by atoms with Crippen LogP contribution in [0.2, 0.25) is 0 Å². The van der Waals surface area contributed by atoms with E-state index in [1.165, 1.54) is 0 Å². The van der Waals surface area contributed by atoms with Gasteiger partial charge in [0.1, 0.15) is 11.5 Å². The van der Waals surface area contributed by atoms with Crippen molar-refractivity contribution in [2.75, 3.05) is 0 Å². The van der Waals surface area contributed by atoms with Crippen molar-refractivity contribution >= 4 is 74.5 Å². The van der Waals surface area contributed by atoms with Gasteiger partial charge in [-0.2, -0.15) is 6.92 Å². The van der Waals surface area contributed by atoms with Crippen LogP contribution >= 0.6 is 45.2 Å². The van der Waals surface area contributed by atoms with Gasteiger partial charge >= 0.3 is 23.1 Å². The molecule has 0 radical (unpaired) electrons. The zero-order chi connectivity index (χ0) is 25.0. The SMILES string of the molecule is CCC(O)c1cc(OC(C)C)c(C)cc1I.Cc1cc(I)c(C=O)cc1OC(C)C.[CH2-]C.[I-].[Mg+2]. The van der Waals surface area contributed by atoms with Gasteiger partial charge in [-0.1, -0.05) is 6.92 Å². The van der Waals surface area contributed by atoms with Gasteiger partial charge in [-0.3, -0.25) is 4.79 Å². The molecule has 2 aromatic rings. The van der Waals surface area contributed by atoms with E-state index in [0.717, 1.165) is 48.0 Å². The maximum atomic E-state index is 10.7. The van der Waals surface area contributed by atoms with Crippen LogP contribution < -0.4 is 33.5 Å². The molecule has 2 aromatic carbocycles. The molecule has 0 bridgehead atoms. The van der Waals surface area contributed by atoms with E-state index in [4.69, 9.17) is 9.47 Å². The molecular formula is C26H37I3MgO4. The van der Waals surface area contributed by atoms with Crippen LogP contribution in [0.1, 0.15) is 81.1 Å². The van der Waals surface area contributed by atoms with Crippen LogP contribution in [-0.4, -0.2) is 46.7 Å². The number of hydrogen-bond acceptors (Lipinski definition) is 4. The van der Waals surface area contributed by atoms with Gasteiger partial charge in [0.15, 0.2) is 6.29 Å². The second-order valence-corrected chi connectivity index (χ2v) is 9.98. The number of aryl methyl sites for hydroxylation is 2. The average Bonchev–Trinajstić information content (AvgIpc) is 2.73. The molecule has 0 spiro atoms. The van der Waals surface area contributed by atoms with E-state index >= 15 is 0 Å². The fourth-order valence-corrected chi connectivity index (χ4v) is 4.40. The number of benzene rings is 2. The van der Waals surface area contributed by atoms with Crippen LogP contribution in [0.4, 0.5) is 0 Å². The second kappa shape index (κ2) is 20.7. The summed E-state index contributed by atoms with van der Waals surface area (Å²) in [5.41, 5.74) is 3.83. The summed E-state index contributed by atoms with van der Waals surface area (Å²) in [6.07, 6.45) is 1.47. The van der Waals surface area contributed by atoms with Crippen molar-refractivity contribution in [1.29, 1.82) is 0 Å². The topological polar surface area (TPSA) is 55.8 Å². The standard InChI is InChI=1S/C13H19IO2.C11H13IO2.C2H5.HI.Mg/c1-5-12(15)10-7-13(16-8(2)3)9(4)6-11(10)14;1-7(2)14-11-5-9(6-13)10(12)4-8(11)3;1-2;;/h6-8,12,15H,5H2,1-4H3;4-7H,1-3H3;1H2,2H3;1H;/q;;-1;;+2/p-1. The second-order valence-electron chi connectivity index (χ2n) is 7.65. The maximum absolute atomic E-state index is 10.7. The molecule has 2 rings (SSSR count). The first kappa shape index (κ1) is 39.1. The van der Waals surface area contributed by atoms with Crippen molar-refractivity contribution in [3.63, 3.8) is 0 Å². The first-order valence-electron chi connectivity index (χ1n) is 10.8. The first-order valence-corrected chi connectivity index (χ1v) is 12.9. The fraction of sp³-hybridized carbons (Fsp3) is 0.462. The molecule has 1 unspecified atom stereocenters. The molecule has 0 fully saturated rings. The molecule has 8 heteroatoms. The summed E-state index contributed by atoms with van der Waals surface area (Å²) in [6.45, 7) is 18.9. The number of halogens is 3. The fourth-order valence-electron chi connectivity index (χ4n) is 2.66. The van der Waals surface area contributed by atoms with E-state index in [9.17, 15) is 9.90 Å². The molecule has 0 saturated heterocycles. The van der Waals surface area contributed by atoms with Crippen molar-refractivity contribution in [2.45, 2.75) is 80.1 Å². The van der Waals surface area contributed by atoms with Crippen molar-refractivity contribution in [3.8, 4) is 11.5 Å². The number of carbonyl (C=O) groups is 1. The van der Waals surface area contributed by atoms with E-state index < -0.39 is 6.10 Å². The Bertz CT molecular complexity index is 858. The average molecular weight is 819 g/mol. The van der Waals surface area contributed by atoms with Gasteiger partial charge in [-0.15, -0.1) is 0 Å². The summed E-state index contributed by atoms with van der Waals surface area (Å²) in [4.78, 5) is 10.7. The molecule has 0 heterocycles. The van der Waals surface area contributed by atoms with Gasteiger partial charge in [-0.05, 0) is 134 Å². The summed E-state index contributed by atoms with van der Waals surface area (Å²) in [6, 6.07) is 7.78. The molecule has 0 aliphatic heterocycles. The molecule has 4 nitrogen and oxygen atoms in total. The van der Waals surface area contributed by atoms with E-state index in [-0.39, 0.29) is 59.2 Å². The Balaban J connectivity index is -0.000000502. The van der Waals surface area contributed by atoms with E-state index in [0.29, 0.717) is 5.56 Å².